The van der Waals surface area contributed by atoms with Crippen LogP contribution in [-0.2, 0) is 14.8 Å². The summed E-state index contributed by atoms with van der Waals surface area (Å²) in [7, 11) is -3.45. The van der Waals surface area contributed by atoms with Crippen molar-refractivity contribution in [2.24, 2.45) is 5.92 Å². The van der Waals surface area contributed by atoms with E-state index < -0.39 is 15.6 Å². The fourth-order valence-corrected chi connectivity index (χ4v) is 6.20. The third-order valence-corrected chi connectivity index (χ3v) is 8.73. The van der Waals surface area contributed by atoms with Gasteiger partial charge in [-0.05, 0) is 37.1 Å². The SMILES string of the molecule is C[C@]1(C2CC2)NC(=O)N(CN2CCN(S(=O)(=O)c3cccs3)CC2)C1=O. The van der Waals surface area contributed by atoms with E-state index in [2.05, 4.69) is 5.32 Å². The van der Waals surface area contributed by atoms with Gasteiger partial charge in [0.05, 0.1) is 6.67 Å². The minimum Gasteiger partial charge on any atom is -0.323 e. The molecule has 0 spiro atoms. The number of piperazine rings is 1. The molecule has 0 unspecified atom stereocenters. The molecule has 1 atom stereocenters. The highest BCUT2D eigenvalue weighted by Crippen LogP contribution is 2.42. The first-order valence-electron chi connectivity index (χ1n) is 8.72. The summed E-state index contributed by atoms with van der Waals surface area (Å²) < 4.78 is 26.9. The van der Waals surface area contributed by atoms with Crippen LogP contribution in [0.1, 0.15) is 19.8 Å². The summed E-state index contributed by atoms with van der Waals surface area (Å²) in [5.74, 6) is 0.0652. The van der Waals surface area contributed by atoms with Crippen molar-refractivity contribution >= 4 is 33.3 Å². The Morgan fingerprint density at radius 1 is 1.23 bits per heavy atom. The zero-order chi connectivity index (χ0) is 18.5. The molecule has 3 aliphatic rings. The molecule has 1 aromatic heterocycles. The molecule has 3 fully saturated rings. The smallest absolute Gasteiger partial charge is 0.323 e. The Balaban J connectivity index is 1.37. The number of thiophene rings is 1. The number of carbonyl (C=O) groups excluding carboxylic acids is 2. The highest BCUT2D eigenvalue weighted by molar-refractivity contribution is 7.91. The van der Waals surface area contributed by atoms with Crippen LogP contribution in [0.3, 0.4) is 0 Å². The Labute approximate surface area is 156 Å². The monoisotopic (exact) mass is 398 g/mol. The van der Waals surface area contributed by atoms with E-state index in [0.29, 0.717) is 30.4 Å². The van der Waals surface area contributed by atoms with Crippen LogP contribution in [-0.4, -0.2) is 72.8 Å². The van der Waals surface area contributed by atoms with Crippen molar-refractivity contribution in [2.45, 2.75) is 29.5 Å². The average molecular weight is 399 g/mol. The predicted octanol–water partition coefficient (Wildman–Crippen LogP) is 0.732. The molecular formula is C16H22N4O4S2. The number of amides is 3. The van der Waals surface area contributed by atoms with Crippen molar-refractivity contribution in [3.05, 3.63) is 17.5 Å². The van der Waals surface area contributed by atoms with Crippen LogP contribution < -0.4 is 5.32 Å². The van der Waals surface area contributed by atoms with Gasteiger partial charge in [-0.2, -0.15) is 4.31 Å². The fraction of sp³-hybridized carbons (Fsp3) is 0.625. The highest BCUT2D eigenvalue weighted by atomic mass is 32.2. The normalized spacial score (nSPS) is 28.6. The molecule has 2 aliphatic heterocycles. The van der Waals surface area contributed by atoms with Gasteiger partial charge in [0.2, 0.25) is 0 Å². The zero-order valence-corrected chi connectivity index (χ0v) is 16.2. The Morgan fingerprint density at radius 2 is 1.92 bits per heavy atom. The minimum atomic E-state index is -3.45. The van der Waals surface area contributed by atoms with Gasteiger partial charge in [0, 0.05) is 26.2 Å². The van der Waals surface area contributed by atoms with Crippen molar-refractivity contribution in [3.8, 4) is 0 Å². The van der Waals surface area contributed by atoms with Gasteiger partial charge in [0.1, 0.15) is 9.75 Å². The maximum atomic E-state index is 12.7. The number of hydrogen-bond acceptors (Lipinski definition) is 6. The van der Waals surface area contributed by atoms with Crippen molar-refractivity contribution in [1.82, 2.24) is 19.4 Å². The molecule has 0 bridgehead atoms. The molecule has 1 N–H and O–H groups in total. The number of urea groups is 1. The molecular weight excluding hydrogens is 376 g/mol. The second kappa shape index (κ2) is 6.29. The van der Waals surface area contributed by atoms with Crippen LogP contribution in [0.15, 0.2) is 21.7 Å². The Hall–Kier alpha value is -1.49. The van der Waals surface area contributed by atoms with Gasteiger partial charge in [-0.3, -0.25) is 9.69 Å². The van der Waals surface area contributed by atoms with E-state index >= 15 is 0 Å². The number of sulfonamides is 1. The van der Waals surface area contributed by atoms with Gasteiger partial charge in [-0.25, -0.2) is 18.1 Å². The molecule has 142 valence electrons. The molecule has 0 aromatic carbocycles. The third-order valence-electron chi connectivity index (χ3n) is 5.46. The molecule has 3 amide bonds. The van der Waals surface area contributed by atoms with Crippen LogP contribution in [0, 0.1) is 5.92 Å². The number of hydrogen-bond donors (Lipinski definition) is 1. The molecule has 4 rings (SSSR count). The Bertz CT molecular complexity index is 813. The second-order valence-corrected chi connectivity index (χ2v) is 10.3. The average Bonchev–Trinajstić information content (AvgIpc) is 3.28. The summed E-state index contributed by atoms with van der Waals surface area (Å²) in [6.07, 6.45) is 1.94. The molecule has 3 heterocycles. The van der Waals surface area contributed by atoms with Crippen LogP contribution in [0.2, 0.25) is 0 Å². The molecule has 1 saturated carbocycles. The summed E-state index contributed by atoms with van der Waals surface area (Å²) >= 11 is 1.21. The summed E-state index contributed by atoms with van der Waals surface area (Å²) in [4.78, 5) is 28.2. The zero-order valence-electron chi connectivity index (χ0n) is 14.6. The van der Waals surface area contributed by atoms with Crippen LogP contribution in [0.5, 0.6) is 0 Å². The van der Waals surface area contributed by atoms with E-state index in [1.54, 1.807) is 24.4 Å². The number of carbonyl (C=O) groups is 2. The molecule has 26 heavy (non-hydrogen) atoms. The first-order chi connectivity index (χ1) is 12.3. The van der Waals surface area contributed by atoms with Gasteiger partial charge >= 0.3 is 6.03 Å². The lowest BCUT2D eigenvalue weighted by molar-refractivity contribution is -0.133. The van der Waals surface area contributed by atoms with Crippen LogP contribution in [0.25, 0.3) is 0 Å². The Kier molecular flexibility index (Phi) is 4.33. The minimum absolute atomic E-state index is 0.168. The first-order valence-corrected chi connectivity index (χ1v) is 11.0. The number of nitrogens with one attached hydrogen (secondary N) is 1. The third kappa shape index (κ3) is 2.94. The van der Waals surface area contributed by atoms with E-state index in [1.807, 2.05) is 4.90 Å². The molecule has 2 saturated heterocycles. The fourth-order valence-electron chi connectivity index (χ4n) is 3.63. The van der Waals surface area contributed by atoms with Crippen LogP contribution >= 0.6 is 11.3 Å². The van der Waals surface area contributed by atoms with E-state index in [0.717, 1.165) is 12.8 Å². The summed E-state index contributed by atoms with van der Waals surface area (Å²) in [5, 5.41) is 4.59. The molecule has 8 nitrogen and oxygen atoms in total. The molecule has 1 aliphatic carbocycles. The van der Waals surface area contributed by atoms with Gasteiger partial charge < -0.3 is 5.32 Å². The van der Waals surface area contributed by atoms with E-state index in [-0.39, 0.29) is 24.5 Å². The molecule has 0 radical (unpaired) electrons. The number of imide groups is 1. The van der Waals surface area contributed by atoms with Crippen molar-refractivity contribution in [1.29, 1.82) is 0 Å². The largest absolute Gasteiger partial charge is 0.326 e. The van der Waals surface area contributed by atoms with E-state index in [9.17, 15) is 18.0 Å². The maximum absolute atomic E-state index is 12.7. The van der Waals surface area contributed by atoms with Crippen LogP contribution in [0.4, 0.5) is 4.79 Å². The van der Waals surface area contributed by atoms with Gasteiger partial charge in [-0.15, -0.1) is 11.3 Å². The van der Waals surface area contributed by atoms with Crippen molar-refractivity contribution in [2.75, 3.05) is 32.8 Å². The highest BCUT2D eigenvalue weighted by Gasteiger charge is 2.56. The van der Waals surface area contributed by atoms with E-state index in [4.69, 9.17) is 0 Å². The predicted molar refractivity (Wildman–Crippen MR) is 96.0 cm³/mol. The lowest BCUT2D eigenvalue weighted by atomic mass is 9.96. The van der Waals surface area contributed by atoms with Gasteiger partial charge in [0.15, 0.2) is 0 Å². The standard InChI is InChI=1S/C16H22N4O4S2/c1-16(12-4-5-12)14(21)20(15(22)17-16)11-18-6-8-19(9-7-18)26(23,24)13-3-2-10-25-13/h2-3,10,12H,4-9,11H2,1H3,(H,17,22)/t16-/m1/s1. The first kappa shape index (κ1) is 17.9. The lowest BCUT2D eigenvalue weighted by Crippen LogP contribution is -2.53. The van der Waals surface area contributed by atoms with E-state index in [1.165, 1.54) is 20.5 Å². The van der Waals surface area contributed by atoms with Gasteiger partial charge in [0.25, 0.3) is 15.9 Å². The maximum Gasteiger partial charge on any atom is 0.326 e. The number of nitrogens with zero attached hydrogens (tertiary/aromatic N) is 3. The Morgan fingerprint density at radius 3 is 2.50 bits per heavy atom. The van der Waals surface area contributed by atoms with Crippen molar-refractivity contribution in [3.63, 3.8) is 0 Å². The topological polar surface area (TPSA) is 90.0 Å². The lowest BCUT2D eigenvalue weighted by Gasteiger charge is -2.35. The number of rotatable bonds is 5. The second-order valence-electron chi connectivity index (χ2n) is 7.24. The summed E-state index contributed by atoms with van der Waals surface area (Å²) in [6, 6.07) is 2.98. The quantitative estimate of drug-likeness (QED) is 0.739. The van der Waals surface area contributed by atoms with Gasteiger partial charge in [-0.1, -0.05) is 6.07 Å². The summed E-state index contributed by atoms with van der Waals surface area (Å²) in [6.45, 7) is 3.69. The molecule has 1 aromatic rings. The van der Waals surface area contributed by atoms with Crippen molar-refractivity contribution < 1.29 is 18.0 Å². The summed E-state index contributed by atoms with van der Waals surface area (Å²) in [5.41, 5.74) is -0.776. The molecule has 10 heteroatoms.